The molecule has 0 N–H and O–H groups in total. The van der Waals surface area contributed by atoms with Crippen LogP contribution in [0.25, 0.3) is 0 Å². The van der Waals surface area contributed by atoms with Gasteiger partial charge >= 0.3 is 5.97 Å². The maximum atomic E-state index is 11.4. The van der Waals surface area contributed by atoms with Crippen LogP contribution in [0.1, 0.15) is 42.6 Å². The summed E-state index contributed by atoms with van der Waals surface area (Å²) < 4.78 is 4.69. The van der Waals surface area contributed by atoms with Gasteiger partial charge in [0.15, 0.2) is 0 Å². The van der Waals surface area contributed by atoms with E-state index in [0.717, 1.165) is 37.3 Å². The minimum atomic E-state index is -0.338. The van der Waals surface area contributed by atoms with E-state index in [1.807, 2.05) is 13.0 Å². The van der Waals surface area contributed by atoms with Crippen molar-refractivity contribution in [2.75, 3.05) is 25.1 Å². The molecule has 1 rings (SSSR count). The molecule has 18 heavy (non-hydrogen) atoms. The lowest BCUT2D eigenvalue weighted by atomic mass is 10.2. The van der Waals surface area contributed by atoms with Crippen molar-refractivity contribution in [2.45, 2.75) is 33.6 Å². The molecule has 0 amide bonds. The third kappa shape index (κ3) is 3.45. The Bertz CT molecular complexity index is 399. The Morgan fingerprint density at radius 1 is 1.33 bits per heavy atom. The molecule has 1 heterocycles. The number of nitrogens with zero attached hydrogens (tertiary/aromatic N) is 2. The predicted molar refractivity (Wildman–Crippen MR) is 73.1 cm³/mol. The first kappa shape index (κ1) is 14.5. The molecule has 0 fully saturated rings. The van der Waals surface area contributed by atoms with Crippen LogP contribution < -0.4 is 4.90 Å². The number of aromatic nitrogens is 1. The number of hydrogen-bond donors (Lipinski definition) is 0. The first-order valence-corrected chi connectivity index (χ1v) is 6.43. The second kappa shape index (κ2) is 6.99. The van der Waals surface area contributed by atoms with Crippen molar-refractivity contribution in [1.82, 2.24) is 4.98 Å². The van der Waals surface area contributed by atoms with Crippen LogP contribution in [-0.2, 0) is 4.74 Å². The predicted octanol–water partition coefficient (Wildman–Crippen LogP) is 2.80. The number of hydrogen-bond acceptors (Lipinski definition) is 4. The molecule has 0 aliphatic carbocycles. The van der Waals surface area contributed by atoms with Crippen LogP contribution >= 0.6 is 0 Å². The normalized spacial score (nSPS) is 10.2. The lowest BCUT2D eigenvalue weighted by molar-refractivity contribution is 0.0600. The fourth-order valence-electron chi connectivity index (χ4n) is 1.99. The molecule has 0 unspecified atom stereocenters. The zero-order valence-electron chi connectivity index (χ0n) is 11.7. The number of ether oxygens (including phenoxy) is 1. The summed E-state index contributed by atoms with van der Waals surface area (Å²) in [7, 11) is 1.38. The second-order valence-electron chi connectivity index (χ2n) is 4.34. The van der Waals surface area contributed by atoms with Crippen LogP contribution in [0.2, 0.25) is 0 Å². The number of pyridine rings is 1. The van der Waals surface area contributed by atoms with E-state index >= 15 is 0 Å². The van der Waals surface area contributed by atoms with Crippen molar-refractivity contribution in [3.05, 3.63) is 23.4 Å². The van der Waals surface area contributed by atoms with E-state index in [9.17, 15) is 4.79 Å². The molecule has 0 bridgehead atoms. The van der Waals surface area contributed by atoms with Crippen LogP contribution in [0.5, 0.6) is 0 Å². The maximum absolute atomic E-state index is 11.4. The topological polar surface area (TPSA) is 42.4 Å². The van der Waals surface area contributed by atoms with Gasteiger partial charge in [0, 0.05) is 19.3 Å². The molecule has 1 aromatic rings. The van der Waals surface area contributed by atoms with Crippen LogP contribution in [0.15, 0.2) is 12.3 Å². The third-order valence-electron chi connectivity index (χ3n) is 2.76. The summed E-state index contributed by atoms with van der Waals surface area (Å²) in [4.78, 5) is 18.1. The SMILES string of the molecule is CCCN(CCC)c1ncc(C(=O)OC)cc1C. The highest BCUT2D eigenvalue weighted by molar-refractivity contribution is 5.89. The minimum absolute atomic E-state index is 0.338. The Hall–Kier alpha value is -1.58. The minimum Gasteiger partial charge on any atom is -0.465 e. The van der Waals surface area contributed by atoms with Gasteiger partial charge < -0.3 is 9.64 Å². The molecule has 0 atom stereocenters. The lowest BCUT2D eigenvalue weighted by Crippen LogP contribution is -2.26. The zero-order valence-corrected chi connectivity index (χ0v) is 11.7. The van der Waals surface area contributed by atoms with Gasteiger partial charge in [-0.15, -0.1) is 0 Å². The Labute approximate surface area is 109 Å². The average Bonchev–Trinajstić information content (AvgIpc) is 2.37. The highest BCUT2D eigenvalue weighted by Crippen LogP contribution is 2.19. The van der Waals surface area contributed by atoms with E-state index in [1.165, 1.54) is 7.11 Å². The van der Waals surface area contributed by atoms with Gasteiger partial charge in [-0.25, -0.2) is 9.78 Å². The Kier molecular flexibility index (Phi) is 5.62. The number of rotatable bonds is 6. The van der Waals surface area contributed by atoms with Crippen molar-refractivity contribution in [3.63, 3.8) is 0 Å². The largest absolute Gasteiger partial charge is 0.465 e. The molecule has 1 aromatic heterocycles. The molecule has 0 aromatic carbocycles. The Morgan fingerprint density at radius 2 is 1.94 bits per heavy atom. The van der Waals surface area contributed by atoms with Crippen molar-refractivity contribution in [3.8, 4) is 0 Å². The molecule has 4 nitrogen and oxygen atoms in total. The fourth-order valence-corrected chi connectivity index (χ4v) is 1.99. The highest BCUT2D eigenvalue weighted by atomic mass is 16.5. The van der Waals surface area contributed by atoms with Crippen molar-refractivity contribution in [2.24, 2.45) is 0 Å². The Morgan fingerprint density at radius 3 is 2.39 bits per heavy atom. The van der Waals surface area contributed by atoms with Gasteiger partial charge in [-0.2, -0.15) is 0 Å². The monoisotopic (exact) mass is 250 g/mol. The van der Waals surface area contributed by atoms with Crippen molar-refractivity contribution < 1.29 is 9.53 Å². The number of methoxy groups -OCH3 is 1. The molecule has 0 radical (unpaired) electrons. The van der Waals surface area contributed by atoms with Crippen LogP contribution in [0, 0.1) is 6.92 Å². The van der Waals surface area contributed by atoms with E-state index in [-0.39, 0.29) is 5.97 Å². The van der Waals surface area contributed by atoms with Gasteiger partial charge in [0.05, 0.1) is 12.7 Å². The molecule has 0 spiro atoms. The highest BCUT2D eigenvalue weighted by Gasteiger charge is 2.12. The average molecular weight is 250 g/mol. The Balaban J connectivity index is 2.98. The first-order chi connectivity index (χ1) is 8.63. The zero-order chi connectivity index (χ0) is 13.5. The van der Waals surface area contributed by atoms with Gasteiger partial charge in [0.2, 0.25) is 0 Å². The molecule has 0 aliphatic heterocycles. The van der Waals surface area contributed by atoms with Crippen LogP contribution in [0.4, 0.5) is 5.82 Å². The summed E-state index contributed by atoms with van der Waals surface area (Å²) in [5.74, 6) is 0.626. The molecule has 0 saturated carbocycles. The smallest absolute Gasteiger partial charge is 0.339 e. The van der Waals surface area contributed by atoms with E-state index in [4.69, 9.17) is 4.74 Å². The summed E-state index contributed by atoms with van der Waals surface area (Å²) >= 11 is 0. The van der Waals surface area contributed by atoms with Gasteiger partial charge in [-0.3, -0.25) is 0 Å². The van der Waals surface area contributed by atoms with Crippen molar-refractivity contribution >= 4 is 11.8 Å². The van der Waals surface area contributed by atoms with E-state index in [0.29, 0.717) is 5.56 Å². The van der Waals surface area contributed by atoms with E-state index in [2.05, 4.69) is 23.7 Å². The van der Waals surface area contributed by atoms with Gasteiger partial charge in [0.25, 0.3) is 0 Å². The van der Waals surface area contributed by atoms with Crippen LogP contribution in [-0.4, -0.2) is 31.2 Å². The van der Waals surface area contributed by atoms with Crippen LogP contribution in [0.3, 0.4) is 0 Å². The van der Waals surface area contributed by atoms with E-state index in [1.54, 1.807) is 6.20 Å². The van der Waals surface area contributed by atoms with Gasteiger partial charge in [-0.1, -0.05) is 13.8 Å². The molecule has 0 saturated heterocycles. The molecule has 100 valence electrons. The number of anilines is 1. The second-order valence-corrected chi connectivity index (χ2v) is 4.34. The third-order valence-corrected chi connectivity index (χ3v) is 2.76. The molecular weight excluding hydrogens is 228 g/mol. The summed E-state index contributed by atoms with van der Waals surface area (Å²) in [5.41, 5.74) is 1.52. The summed E-state index contributed by atoms with van der Waals surface area (Å²) in [6.07, 6.45) is 3.76. The summed E-state index contributed by atoms with van der Waals surface area (Å²) in [6.45, 7) is 8.26. The maximum Gasteiger partial charge on any atom is 0.339 e. The number of carbonyl (C=O) groups excluding carboxylic acids is 1. The van der Waals surface area contributed by atoms with E-state index < -0.39 is 0 Å². The van der Waals surface area contributed by atoms with Crippen molar-refractivity contribution in [1.29, 1.82) is 0 Å². The first-order valence-electron chi connectivity index (χ1n) is 6.43. The molecule has 4 heteroatoms. The fraction of sp³-hybridized carbons (Fsp3) is 0.571. The lowest BCUT2D eigenvalue weighted by Gasteiger charge is -2.24. The number of carbonyl (C=O) groups is 1. The van der Waals surface area contributed by atoms with Gasteiger partial charge in [0.1, 0.15) is 5.82 Å². The number of aryl methyl sites for hydroxylation is 1. The molecular formula is C14H22N2O2. The molecule has 0 aliphatic rings. The standard InChI is InChI=1S/C14H22N2O2/c1-5-7-16(8-6-2)13-11(3)9-12(10-15-13)14(17)18-4/h9-10H,5-8H2,1-4H3. The number of esters is 1. The quantitative estimate of drug-likeness (QED) is 0.728. The van der Waals surface area contributed by atoms with Gasteiger partial charge in [-0.05, 0) is 31.4 Å². The summed E-state index contributed by atoms with van der Waals surface area (Å²) in [5, 5.41) is 0. The summed E-state index contributed by atoms with van der Waals surface area (Å²) in [6, 6.07) is 1.84.